The Labute approximate surface area is 150 Å². The van der Waals surface area contributed by atoms with Gasteiger partial charge in [0.1, 0.15) is 11.5 Å². The summed E-state index contributed by atoms with van der Waals surface area (Å²) in [5.74, 6) is 0.799. The number of hydrogen-bond acceptors (Lipinski definition) is 4. The molecule has 0 bridgehead atoms. The number of rotatable bonds is 5. The first-order valence-corrected chi connectivity index (χ1v) is 8.70. The van der Waals surface area contributed by atoms with Gasteiger partial charge in [-0.05, 0) is 54.1 Å². The standard InChI is InChI=1S/C20H17NO3S/c22-16-9-11-17(12-10-16)25-13-14-5-7-15(8-6-14)20(24)21-18-3-1-2-4-19(18)23/h1-12,22-23H,13H2,(H,21,24). The lowest BCUT2D eigenvalue weighted by Crippen LogP contribution is -2.11. The Morgan fingerprint density at radius 3 is 2.24 bits per heavy atom. The van der Waals surface area contributed by atoms with Crippen LogP contribution in [0.5, 0.6) is 11.5 Å². The normalized spacial score (nSPS) is 10.4. The molecular weight excluding hydrogens is 334 g/mol. The van der Waals surface area contributed by atoms with Gasteiger partial charge < -0.3 is 15.5 Å². The lowest BCUT2D eigenvalue weighted by atomic mass is 10.1. The number of carbonyl (C=O) groups excluding carboxylic acids is 1. The van der Waals surface area contributed by atoms with Crippen LogP contribution in [0.1, 0.15) is 15.9 Å². The molecule has 3 N–H and O–H groups in total. The zero-order valence-electron chi connectivity index (χ0n) is 13.3. The van der Waals surface area contributed by atoms with Crippen LogP contribution in [0.15, 0.2) is 77.7 Å². The summed E-state index contributed by atoms with van der Waals surface area (Å²) >= 11 is 1.66. The van der Waals surface area contributed by atoms with Crippen LogP contribution in [0.25, 0.3) is 0 Å². The summed E-state index contributed by atoms with van der Waals surface area (Å²) in [6.45, 7) is 0. The van der Waals surface area contributed by atoms with Crippen molar-refractivity contribution in [3.63, 3.8) is 0 Å². The first-order valence-electron chi connectivity index (χ1n) is 7.72. The van der Waals surface area contributed by atoms with Crippen LogP contribution in [0.4, 0.5) is 5.69 Å². The van der Waals surface area contributed by atoms with E-state index < -0.39 is 0 Å². The second kappa shape index (κ2) is 7.77. The summed E-state index contributed by atoms with van der Waals surface area (Å²) in [6, 6.07) is 21.0. The SMILES string of the molecule is O=C(Nc1ccccc1O)c1ccc(CSc2ccc(O)cc2)cc1. The fraction of sp³-hybridized carbons (Fsp3) is 0.0500. The van der Waals surface area contributed by atoms with Gasteiger partial charge in [-0.2, -0.15) is 0 Å². The highest BCUT2D eigenvalue weighted by atomic mass is 32.2. The minimum atomic E-state index is -0.265. The lowest BCUT2D eigenvalue weighted by Gasteiger charge is -2.08. The van der Waals surface area contributed by atoms with Crippen molar-refractivity contribution in [3.05, 3.63) is 83.9 Å². The van der Waals surface area contributed by atoms with Gasteiger partial charge in [0, 0.05) is 16.2 Å². The Morgan fingerprint density at radius 2 is 1.56 bits per heavy atom. The molecule has 0 aliphatic heterocycles. The summed E-state index contributed by atoms with van der Waals surface area (Å²) in [7, 11) is 0. The van der Waals surface area contributed by atoms with Crippen molar-refractivity contribution in [2.24, 2.45) is 0 Å². The second-order valence-electron chi connectivity index (χ2n) is 5.45. The van der Waals surface area contributed by atoms with Crippen molar-refractivity contribution < 1.29 is 15.0 Å². The Balaban J connectivity index is 1.60. The number of anilines is 1. The fourth-order valence-electron chi connectivity index (χ4n) is 2.24. The fourth-order valence-corrected chi connectivity index (χ4v) is 3.09. The summed E-state index contributed by atoms with van der Waals surface area (Å²) in [4.78, 5) is 13.3. The summed E-state index contributed by atoms with van der Waals surface area (Å²) in [6.07, 6.45) is 0. The summed E-state index contributed by atoms with van der Waals surface area (Å²) in [5.41, 5.74) is 2.01. The van der Waals surface area contributed by atoms with E-state index in [2.05, 4.69) is 5.32 Å². The molecule has 0 saturated carbocycles. The van der Waals surface area contributed by atoms with E-state index in [-0.39, 0.29) is 17.4 Å². The van der Waals surface area contributed by atoms with E-state index in [9.17, 15) is 15.0 Å². The van der Waals surface area contributed by atoms with E-state index in [4.69, 9.17) is 0 Å². The van der Waals surface area contributed by atoms with Gasteiger partial charge in [0.2, 0.25) is 0 Å². The van der Waals surface area contributed by atoms with Crippen LogP contribution in [-0.4, -0.2) is 16.1 Å². The van der Waals surface area contributed by atoms with Crippen molar-refractivity contribution in [1.82, 2.24) is 0 Å². The molecule has 1 amide bonds. The number of benzene rings is 3. The van der Waals surface area contributed by atoms with Gasteiger partial charge >= 0.3 is 0 Å². The quantitative estimate of drug-likeness (QED) is 0.462. The Bertz CT molecular complexity index is 861. The highest BCUT2D eigenvalue weighted by molar-refractivity contribution is 7.98. The molecule has 3 aromatic rings. The number of nitrogens with one attached hydrogen (secondary N) is 1. The van der Waals surface area contributed by atoms with Gasteiger partial charge in [0.15, 0.2) is 0 Å². The number of phenolic OH excluding ortho intramolecular Hbond substituents is 2. The molecule has 0 aliphatic rings. The molecule has 0 heterocycles. The highest BCUT2D eigenvalue weighted by Gasteiger charge is 2.08. The van der Waals surface area contributed by atoms with Crippen LogP contribution in [0.2, 0.25) is 0 Å². The maximum atomic E-state index is 12.2. The third-order valence-electron chi connectivity index (χ3n) is 3.61. The van der Waals surface area contributed by atoms with Crippen molar-refractivity contribution in [2.75, 3.05) is 5.32 Å². The second-order valence-corrected chi connectivity index (χ2v) is 6.50. The monoisotopic (exact) mass is 351 g/mol. The number of thioether (sulfide) groups is 1. The van der Waals surface area contributed by atoms with Crippen molar-refractivity contribution in [3.8, 4) is 11.5 Å². The van der Waals surface area contributed by atoms with Gasteiger partial charge in [-0.15, -0.1) is 11.8 Å². The molecule has 3 aromatic carbocycles. The zero-order chi connectivity index (χ0) is 17.6. The van der Waals surface area contributed by atoms with Crippen LogP contribution in [0.3, 0.4) is 0 Å². The van der Waals surface area contributed by atoms with Gasteiger partial charge in [-0.25, -0.2) is 0 Å². The van der Waals surface area contributed by atoms with Crippen molar-refractivity contribution in [1.29, 1.82) is 0 Å². The van der Waals surface area contributed by atoms with Crippen LogP contribution in [0, 0.1) is 0 Å². The third-order valence-corrected chi connectivity index (χ3v) is 4.69. The summed E-state index contributed by atoms with van der Waals surface area (Å²) < 4.78 is 0. The largest absolute Gasteiger partial charge is 0.508 e. The van der Waals surface area contributed by atoms with E-state index in [0.29, 0.717) is 11.3 Å². The number of amides is 1. The molecule has 4 nitrogen and oxygen atoms in total. The average Bonchev–Trinajstić information content (AvgIpc) is 2.63. The van der Waals surface area contributed by atoms with E-state index in [1.54, 1.807) is 54.2 Å². The Kier molecular flexibility index (Phi) is 5.26. The van der Waals surface area contributed by atoms with Gasteiger partial charge in [-0.3, -0.25) is 4.79 Å². The molecular formula is C20H17NO3S. The van der Waals surface area contributed by atoms with Crippen molar-refractivity contribution >= 4 is 23.4 Å². The highest BCUT2D eigenvalue weighted by Crippen LogP contribution is 2.25. The van der Waals surface area contributed by atoms with E-state index in [1.807, 2.05) is 24.3 Å². The molecule has 0 atom stereocenters. The maximum Gasteiger partial charge on any atom is 0.255 e. The maximum absolute atomic E-state index is 12.2. The predicted molar refractivity (Wildman–Crippen MR) is 100 cm³/mol. The first-order chi connectivity index (χ1) is 12.1. The molecule has 0 saturated heterocycles. The topological polar surface area (TPSA) is 69.6 Å². The Hall–Kier alpha value is -2.92. The van der Waals surface area contributed by atoms with Crippen LogP contribution >= 0.6 is 11.8 Å². The number of para-hydroxylation sites is 2. The molecule has 0 fully saturated rings. The molecule has 5 heteroatoms. The zero-order valence-corrected chi connectivity index (χ0v) is 14.2. The van der Waals surface area contributed by atoms with Crippen molar-refractivity contribution in [2.45, 2.75) is 10.6 Å². The first kappa shape index (κ1) is 16.9. The van der Waals surface area contributed by atoms with Gasteiger partial charge in [-0.1, -0.05) is 24.3 Å². The molecule has 3 rings (SSSR count). The van der Waals surface area contributed by atoms with E-state index in [1.165, 1.54) is 6.07 Å². The molecule has 0 radical (unpaired) electrons. The molecule has 126 valence electrons. The average molecular weight is 351 g/mol. The number of phenols is 2. The van der Waals surface area contributed by atoms with E-state index in [0.717, 1.165) is 16.2 Å². The smallest absolute Gasteiger partial charge is 0.255 e. The molecule has 25 heavy (non-hydrogen) atoms. The van der Waals surface area contributed by atoms with Crippen LogP contribution in [-0.2, 0) is 5.75 Å². The molecule has 0 aliphatic carbocycles. The molecule has 0 spiro atoms. The number of aromatic hydroxyl groups is 2. The third kappa shape index (κ3) is 4.55. The summed E-state index contributed by atoms with van der Waals surface area (Å²) in [5, 5.41) is 21.7. The lowest BCUT2D eigenvalue weighted by molar-refractivity contribution is 0.102. The van der Waals surface area contributed by atoms with Gasteiger partial charge in [0.25, 0.3) is 5.91 Å². The minimum absolute atomic E-state index is 0.0396. The Morgan fingerprint density at radius 1 is 0.880 bits per heavy atom. The van der Waals surface area contributed by atoms with Gasteiger partial charge in [0.05, 0.1) is 5.69 Å². The molecule has 0 unspecified atom stereocenters. The number of carbonyl (C=O) groups is 1. The molecule has 0 aromatic heterocycles. The van der Waals surface area contributed by atoms with E-state index >= 15 is 0 Å². The van der Waals surface area contributed by atoms with Crippen LogP contribution < -0.4 is 5.32 Å². The predicted octanol–water partition coefficient (Wildman–Crippen LogP) is 4.64. The minimum Gasteiger partial charge on any atom is -0.508 e. The number of hydrogen-bond donors (Lipinski definition) is 3.